The van der Waals surface area contributed by atoms with Crippen molar-refractivity contribution in [3.8, 4) is 0 Å². The Morgan fingerprint density at radius 2 is 1.97 bits per heavy atom. The van der Waals surface area contributed by atoms with Gasteiger partial charge in [-0.05, 0) is 59.5 Å². The summed E-state index contributed by atoms with van der Waals surface area (Å²) in [6.07, 6.45) is 3.38. The quantitative estimate of drug-likeness (QED) is 0.542. The first-order valence-corrected chi connectivity index (χ1v) is 10.8. The minimum absolute atomic E-state index is 0.177. The molecule has 2 heterocycles. The van der Waals surface area contributed by atoms with Gasteiger partial charge < -0.3 is 5.32 Å². The van der Waals surface area contributed by atoms with E-state index in [1.807, 2.05) is 17.5 Å². The molecule has 2 aromatic carbocycles. The number of thiophene rings is 1. The molecule has 1 atom stereocenters. The first kappa shape index (κ1) is 18.7. The van der Waals surface area contributed by atoms with E-state index in [0.717, 1.165) is 28.0 Å². The topological polar surface area (TPSA) is 76.9 Å². The summed E-state index contributed by atoms with van der Waals surface area (Å²) in [4.78, 5) is 26.6. The molecule has 150 valence electrons. The molecule has 2 aromatic heterocycles. The van der Waals surface area contributed by atoms with E-state index in [1.165, 1.54) is 17.5 Å². The van der Waals surface area contributed by atoms with Crippen LogP contribution in [0.3, 0.4) is 0 Å². The number of aromatic nitrogens is 3. The molecule has 0 aliphatic heterocycles. The second kappa shape index (κ2) is 7.84. The number of nitrogens with one attached hydrogen (secondary N) is 1. The molecule has 0 saturated carbocycles. The maximum Gasteiger partial charge on any atom is 0.278 e. The SMILES string of the molecule is O=C(Cn1nnc2ccccc2c1=O)NC(c1ccc2c(c1)CCC2)c1cccs1. The van der Waals surface area contributed by atoms with Crippen LogP contribution in [0.4, 0.5) is 0 Å². The summed E-state index contributed by atoms with van der Waals surface area (Å²) in [7, 11) is 0. The van der Waals surface area contributed by atoms with Crippen LogP contribution in [0.25, 0.3) is 10.9 Å². The molecule has 1 N–H and O–H groups in total. The van der Waals surface area contributed by atoms with E-state index in [0.29, 0.717) is 10.9 Å². The molecule has 0 bridgehead atoms. The number of carbonyl (C=O) groups excluding carboxylic acids is 1. The third-order valence-electron chi connectivity index (χ3n) is 5.51. The van der Waals surface area contributed by atoms with Crippen LogP contribution in [0.5, 0.6) is 0 Å². The Bertz CT molecular complexity index is 1280. The first-order chi connectivity index (χ1) is 14.7. The third kappa shape index (κ3) is 3.52. The van der Waals surface area contributed by atoms with E-state index < -0.39 is 0 Å². The number of hydrogen-bond acceptors (Lipinski definition) is 5. The Morgan fingerprint density at radius 1 is 1.10 bits per heavy atom. The van der Waals surface area contributed by atoms with E-state index in [4.69, 9.17) is 0 Å². The highest BCUT2D eigenvalue weighted by molar-refractivity contribution is 7.10. The average Bonchev–Trinajstić information content (AvgIpc) is 3.46. The number of aryl methyl sites for hydroxylation is 2. The summed E-state index contributed by atoms with van der Waals surface area (Å²) in [6, 6.07) is 17.2. The molecule has 1 aliphatic rings. The maximum absolute atomic E-state index is 12.9. The first-order valence-electron chi connectivity index (χ1n) is 9.96. The standard InChI is InChI=1S/C23H20N4O2S/c28-21(14-27-23(29)18-7-1-2-8-19(18)25-26-27)24-22(20-9-4-12-30-20)17-11-10-15-5-3-6-16(15)13-17/h1-2,4,7-13,22H,3,5-6,14H2,(H,24,28). The normalized spacial score (nSPS) is 13.9. The highest BCUT2D eigenvalue weighted by atomic mass is 32.1. The van der Waals surface area contributed by atoms with Crippen molar-refractivity contribution in [1.82, 2.24) is 20.3 Å². The van der Waals surface area contributed by atoms with E-state index in [-0.39, 0.29) is 24.1 Å². The Hall–Kier alpha value is -3.32. The Balaban J connectivity index is 1.42. The monoisotopic (exact) mass is 416 g/mol. The van der Waals surface area contributed by atoms with Gasteiger partial charge in [0.05, 0.1) is 11.4 Å². The molecule has 0 radical (unpaired) electrons. The Kier molecular flexibility index (Phi) is 4.88. The zero-order valence-corrected chi connectivity index (χ0v) is 17.1. The van der Waals surface area contributed by atoms with Crippen LogP contribution >= 0.6 is 11.3 Å². The second-order valence-corrected chi connectivity index (χ2v) is 8.45. The summed E-state index contributed by atoms with van der Waals surface area (Å²) in [5, 5.41) is 13.5. The summed E-state index contributed by atoms with van der Waals surface area (Å²) >= 11 is 1.60. The van der Waals surface area contributed by atoms with Gasteiger partial charge in [0.1, 0.15) is 12.1 Å². The lowest BCUT2D eigenvalue weighted by Crippen LogP contribution is -2.36. The molecule has 5 rings (SSSR count). The zero-order chi connectivity index (χ0) is 20.5. The summed E-state index contributed by atoms with van der Waals surface area (Å²) < 4.78 is 1.12. The third-order valence-corrected chi connectivity index (χ3v) is 6.45. The summed E-state index contributed by atoms with van der Waals surface area (Å²) in [6.45, 7) is -0.177. The molecule has 0 saturated heterocycles. The van der Waals surface area contributed by atoms with Gasteiger partial charge >= 0.3 is 0 Å². The highest BCUT2D eigenvalue weighted by Gasteiger charge is 2.21. The van der Waals surface area contributed by atoms with E-state index in [1.54, 1.807) is 35.6 Å². The number of hydrogen-bond donors (Lipinski definition) is 1. The Labute approximate surface area is 177 Å². The van der Waals surface area contributed by atoms with Crippen LogP contribution in [-0.4, -0.2) is 20.9 Å². The molecule has 0 fully saturated rings. The predicted molar refractivity (Wildman–Crippen MR) is 117 cm³/mol. The van der Waals surface area contributed by atoms with Gasteiger partial charge in [-0.3, -0.25) is 9.59 Å². The van der Waals surface area contributed by atoms with Crippen molar-refractivity contribution in [3.05, 3.63) is 91.9 Å². The van der Waals surface area contributed by atoms with Crippen molar-refractivity contribution < 1.29 is 4.79 Å². The lowest BCUT2D eigenvalue weighted by molar-refractivity contribution is -0.122. The highest BCUT2D eigenvalue weighted by Crippen LogP contribution is 2.30. The fourth-order valence-corrected chi connectivity index (χ4v) is 4.82. The second-order valence-electron chi connectivity index (χ2n) is 7.47. The van der Waals surface area contributed by atoms with E-state index in [2.05, 4.69) is 33.8 Å². The summed E-state index contributed by atoms with van der Waals surface area (Å²) in [5.41, 5.74) is 4.02. The molecular weight excluding hydrogens is 396 g/mol. The van der Waals surface area contributed by atoms with Gasteiger partial charge in [-0.15, -0.1) is 16.4 Å². The molecule has 7 heteroatoms. The minimum atomic E-state index is -0.319. The van der Waals surface area contributed by atoms with Crippen LogP contribution in [0, 0.1) is 0 Å². The number of carbonyl (C=O) groups is 1. The molecule has 0 spiro atoms. The van der Waals surface area contributed by atoms with Gasteiger partial charge in [0, 0.05) is 4.88 Å². The fourth-order valence-electron chi connectivity index (χ4n) is 4.02. The molecular formula is C23H20N4O2S. The molecule has 6 nitrogen and oxygen atoms in total. The summed E-state index contributed by atoms with van der Waals surface area (Å²) in [5.74, 6) is -0.277. The molecule has 4 aromatic rings. The van der Waals surface area contributed by atoms with Gasteiger partial charge in [0.25, 0.3) is 5.56 Å². The number of benzene rings is 2. The van der Waals surface area contributed by atoms with Crippen molar-refractivity contribution in [3.63, 3.8) is 0 Å². The molecule has 1 unspecified atom stereocenters. The number of rotatable bonds is 5. The van der Waals surface area contributed by atoms with Crippen LogP contribution in [-0.2, 0) is 24.2 Å². The molecule has 1 aliphatic carbocycles. The van der Waals surface area contributed by atoms with Crippen LogP contribution < -0.4 is 10.9 Å². The van der Waals surface area contributed by atoms with Crippen LogP contribution in [0.1, 0.15) is 34.0 Å². The lowest BCUT2D eigenvalue weighted by Gasteiger charge is -2.19. The van der Waals surface area contributed by atoms with Gasteiger partial charge in [0.2, 0.25) is 5.91 Å². The number of fused-ring (bicyclic) bond motifs is 2. The van der Waals surface area contributed by atoms with Gasteiger partial charge in [0.15, 0.2) is 0 Å². The smallest absolute Gasteiger partial charge is 0.278 e. The van der Waals surface area contributed by atoms with Crippen molar-refractivity contribution in [1.29, 1.82) is 0 Å². The predicted octanol–water partition coefficient (Wildman–Crippen LogP) is 3.25. The van der Waals surface area contributed by atoms with Gasteiger partial charge in [-0.25, -0.2) is 4.68 Å². The maximum atomic E-state index is 12.9. The van der Waals surface area contributed by atoms with E-state index >= 15 is 0 Å². The van der Waals surface area contributed by atoms with Crippen LogP contribution in [0.15, 0.2) is 64.8 Å². The van der Waals surface area contributed by atoms with Gasteiger partial charge in [-0.1, -0.05) is 41.6 Å². The van der Waals surface area contributed by atoms with Crippen molar-refractivity contribution in [2.24, 2.45) is 0 Å². The van der Waals surface area contributed by atoms with Crippen LogP contribution in [0.2, 0.25) is 0 Å². The largest absolute Gasteiger partial charge is 0.343 e. The number of amides is 1. The van der Waals surface area contributed by atoms with Crippen molar-refractivity contribution in [2.75, 3.05) is 0 Å². The minimum Gasteiger partial charge on any atom is -0.343 e. The van der Waals surface area contributed by atoms with Crippen molar-refractivity contribution >= 4 is 28.1 Å². The molecule has 1 amide bonds. The zero-order valence-electron chi connectivity index (χ0n) is 16.2. The molecule has 30 heavy (non-hydrogen) atoms. The Morgan fingerprint density at radius 3 is 2.83 bits per heavy atom. The fraction of sp³-hybridized carbons (Fsp3) is 0.217. The lowest BCUT2D eigenvalue weighted by atomic mass is 10.00. The number of nitrogens with zero attached hydrogens (tertiary/aromatic N) is 3. The van der Waals surface area contributed by atoms with E-state index in [9.17, 15) is 9.59 Å². The van der Waals surface area contributed by atoms with Gasteiger partial charge in [-0.2, -0.15) is 0 Å². The average molecular weight is 417 g/mol. The van der Waals surface area contributed by atoms with Crippen molar-refractivity contribution in [2.45, 2.75) is 31.8 Å².